The first-order chi connectivity index (χ1) is 12.1. The van der Waals surface area contributed by atoms with Crippen LogP contribution in [0.1, 0.15) is 32.3 Å². The van der Waals surface area contributed by atoms with Crippen molar-refractivity contribution in [2.24, 2.45) is 0 Å². The Balaban J connectivity index is 0.00000338. The second kappa shape index (κ2) is 13.3. The Morgan fingerprint density at radius 2 is 1.78 bits per heavy atom. The molecule has 1 fully saturated rings. The number of hydrogen-bond acceptors (Lipinski definition) is 4. The second-order valence-corrected chi connectivity index (χ2v) is 6.72. The van der Waals surface area contributed by atoms with Crippen molar-refractivity contribution in [3.05, 3.63) is 35.9 Å². The number of rotatable bonds is 9. The molecule has 1 aliphatic heterocycles. The minimum atomic E-state index is -0.675. The molecule has 0 bridgehead atoms. The standard InChI is InChI=1S/C20H33N3O2.2ClH/c1-4-23(5-2)18(15-17-9-7-6-8-10-17)16-22-19(24)20(25-3)11-13-21-14-12-20;;/h6-10,18,21H,4-5,11-16H2,1-3H3,(H,22,24);2*1H. The van der Waals surface area contributed by atoms with E-state index in [9.17, 15) is 4.79 Å². The van der Waals surface area contributed by atoms with E-state index in [1.165, 1.54) is 5.56 Å². The van der Waals surface area contributed by atoms with Crippen molar-refractivity contribution in [1.29, 1.82) is 0 Å². The first-order valence-electron chi connectivity index (χ1n) is 9.47. The number of nitrogens with one attached hydrogen (secondary N) is 2. The van der Waals surface area contributed by atoms with Crippen LogP contribution < -0.4 is 10.6 Å². The summed E-state index contributed by atoms with van der Waals surface area (Å²) < 4.78 is 5.64. The second-order valence-electron chi connectivity index (χ2n) is 6.72. The maximum atomic E-state index is 12.8. The highest BCUT2D eigenvalue weighted by molar-refractivity contribution is 5.86. The van der Waals surface area contributed by atoms with Crippen molar-refractivity contribution < 1.29 is 9.53 Å². The molecule has 0 aromatic heterocycles. The Morgan fingerprint density at radius 1 is 1.19 bits per heavy atom. The van der Waals surface area contributed by atoms with Gasteiger partial charge in [-0.2, -0.15) is 0 Å². The number of likely N-dealkylation sites (N-methyl/N-ethyl adjacent to an activating group) is 1. The van der Waals surface area contributed by atoms with E-state index >= 15 is 0 Å². The van der Waals surface area contributed by atoms with Gasteiger partial charge in [-0.15, -0.1) is 24.8 Å². The number of piperidine rings is 1. The predicted molar refractivity (Wildman–Crippen MR) is 116 cm³/mol. The van der Waals surface area contributed by atoms with Crippen LogP contribution in [0.15, 0.2) is 30.3 Å². The van der Waals surface area contributed by atoms with E-state index in [2.05, 4.69) is 53.6 Å². The Hall–Kier alpha value is -0.850. The zero-order valence-electron chi connectivity index (χ0n) is 16.7. The zero-order chi connectivity index (χ0) is 18.1. The summed E-state index contributed by atoms with van der Waals surface area (Å²) in [5.41, 5.74) is 0.628. The van der Waals surface area contributed by atoms with E-state index in [4.69, 9.17) is 4.74 Å². The number of ether oxygens (including phenoxy) is 1. The first-order valence-corrected chi connectivity index (χ1v) is 9.47. The average molecular weight is 420 g/mol. The third kappa shape index (κ3) is 7.24. The van der Waals surface area contributed by atoms with Gasteiger partial charge in [-0.25, -0.2) is 0 Å². The van der Waals surface area contributed by atoms with Gasteiger partial charge in [-0.3, -0.25) is 9.69 Å². The highest BCUT2D eigenvalue weighted by atomic mass is 35.5. The molecule has 7 heteroatoms. The van der Waals surface area contributed by atoms with Gasteiger partial charge in [0.1, 0.15) is 5.60 Å². The fraction of sp³-hybridized carbons (Fsp3) is 0.650. The third-order valence-electron chi connectivity index (χ3n) is 5.36. The van der Waals surface area contributed by atoms with E-state index in [1.54, 1.807) is 7.11 Å². The van der Waals surface area contributed by atoms with Crippen molar-refractivity contribution in [3.8, 4) is 0 Å². The molecule has 2 N–H and O–H groups in total. The van der Waals surface area contributed by atoms with Crippen LogP contribution in [0.2, 0.25) is 0 Å². The topological polar surface area (TPSA) is 53.6 Å². The van der Waals surface area contributed by atoms with Crippen molar-refractivity contribution in [2.75, 3.05) is 39.8 Å². The first kappa shape index (κ1) is 26.1. The molecule has 2 rings (SSSR count). The molecular formula is C20H35Cl2N3O2. The lowest BCUT2D eigenvalue weighted by atomic mass is 9.91. The van der Waals surface area contributed by atoms with Gasteiger partial charge in [-0.1, -0.05) is 44.2 Å². The van der Waals surface area contributed by atoms with Gasteiger partial charge in [0, 0.05) is 19.7 Å². The molecule has 1 aromatic carbocycles. The molecule has 156 valence electrons. The van der Waals surface area contributed by atoms with Gasteiger partial charge in [0.2, 0.25) is 0 Å². The monoisotopic (exact) mass is 419 g/mol. The van der Waals surface area contributed by atoms with Gasteiger partial charge in [0.25, 0.3) is 5.91 Å². The van der Waals surface area contributed by atoms with E-state index in [0.717, 1.165) is 45.4 Å². The molecule has 0 aliphatic carbocycles. The Bertz CT molecular complexity index is 521. The molecule has 1 saturated heterocycles. The fourth-order valence-corrected chi connectivity index (χ4v) is 3.68. The van der Waals surface area contributed by atoms with Crippen molar-refractivity contribution >= 4 is 30.7 Å². The molecule has 5 nitrogen and oxygen atoms in total. The van der Waals surface area contributed by atoms with Gasteiger partial charge in [0.05, 0.1) is 0 Å². The molecule has 1 aromatic rings. The minimum absolute atomic E-state index is 0. The van der Waals surface area contributed by atoms with E-state index in [1.807, 2.05) is 6.07 Å². The summed E-state index contributed by atoms with van der Waals surface area (Å²) >= 11 is 0. The molecule has 1 aliphatic rings. The van der Waals surface area contributed by atoms with Crippen molar-refractivity contribution in [1.82, 2.24) is 15.5 Å². The van der Waals surface area contributed by atoms with Gasteiger partial charge in [-0.05, 0) is 51.0 Å². The molecule has 1 unspecified atom stereocenters. The maximum Gasteiger partial charge on any atom is 0.252 e. The molecule has 0 saturated carbocycles. The smallest absolute Gasteiger partial charge is 0.252 e. The van der Waals surface area contributed by atoms with Crippen molar-refractivity contribution in [2.45, 2.75) is 44.8 Å². The van der Waals surface area contributed by atoms with Crippen LogP contribution in [0.25, 0.3) is 0 Å². The van der Waals surface area contributed by atoms with Gasteiger partial charge < -0.3 is 15.4 Å². The van der Waals surface area contributed by atoms with Gasteiger partial charge in [0.15, 0.2) is 0 Å². The summed E-state index contributed by atoms with van der Waals surface area (Å²) in [5.74, 6) is 0.0294. The van der Waals surface area contributed by atoms with Crippen LogP contribution in [-0.2, 0) is 16.0 Å². The normalized spacial score (nSPS) is 16.7. The fourth-order valence-electron chi connectivity index (χ4n) is 3.68. The van der Waals surface area contributed by atoms with E-state index < -0.39 is 5.60 Å². The van der Waals surface area contributed by atoms with E-state index in [0.29, 0.717) is 6.54 Å². The van der Waals surface area contributed by atoms with Crippen LogP contribution in [0.5, 0.6) is 0 Å². The lowest BCUT2D eigenvalue weighted by molar-refractivity contribution is -0.147. The van der Waals surface area contributed by atoms with Crippen LogP contribution in [0.4, 0.5) is 0 Å². The summed E-state index contributed by atoms with van der Waals surface area (Å²) in [6.07, 6.45) is 2.39. The van der Waals surface area contributed by atoms with Crippen LogP contribution >= 0.6 is 24.8 Å². The number of nitrogens with zero attached hydrogens (tertiary/aromatic N) is 1. The Kier molecular flexibility index (Phi) is 12.9. The lowest BCUT2D eigenvalue weighted by Crippen LogP contribution is -2.56. The number of hydrogen-bond donors (Lipinski definition) is 2. The van der Waals surface area contributed by atoms with Crippen LogP contribution in [0, 0.1) is 0 Å². The Labute approximate surface area is 176 Å². The molecule has 1 atom stereocenters. The molecule has 0 spiro atoms. The number of methoxy groups -OCH3 is 1. The predicted octanol–water partition coefficient (Wildman–Crippen LogP) is 2.67. The largest absolute Gasteiger partial charge is 0.368 e. The highest BCUT2D eigenvalue weighted by Gasteiger charge is 2.39. The highest BCUT2D eigenvalue weighted by Crippen LogP contribution is 2.22. The SMILES string of the molecule is CCN(CC)C(CNC(=O)C1(OC)CCNCC1)Cc1ccccc1.Cl.Cl. The summed E-state index contributed by atoms with van der Waals surface area (Å²) in [6, 6.07) is 10.8. The van der Waals surface area contributed by atoms with Crippen LogP contribution in [-0.4, -0.2) is 62.3 Å². The number of halogens is 2. The van der Waals surface area contributed by atoms with Crippen molar-refractivity contribution in [3.63, 3.8) is 0 Å². The summed E-state index contributed by atoms with van der Waals surface area (Å²) in [4.78, 5) is 15.2. The minimum Gasteiger partial charge on any atom is -0.368 e. The number of amides is 1. The summed E-state index contributed by atoms with van der Waals surface area (Å²) in [6.45, 7) is 8.59. The van der Waals surface area contributed by atoms with E-state index in [-0.39, 0.29) is 36.8 Å². The lowest BCUT2D eigenvalue weighted by Gasteiger charge is -2.36. The maximum absolute atomic E-state index is 12.8. The number of carbonyl (C=O) groups is 1. The number of benzene rings is 1. The third-order valence-corrected chi connectivity index (χ3v) is 5.36. The van der Waals surface area contributed by atoms with Gasteiger partial charge >= 0.3 is 0 Å². The summed E-state index contributed by atoms with van der Waals surface area (Å²) in [5, 5.41) is 6.47. The molecular weight excluding hydrogens is 385 g/mol. The summed E-state index contributed by atoms with van der Waals surface area (Å²) in [7, 11) is 1.65. The Morgan fingerprint density at radius 3 is 2.30 bits per heavy atom. The quantitative estimate of drug-likeness (QED) is 0.645. The number of carbonyl (C=O) groups excluding carboxylic acids is 1. The molecule has 27 heavy (non-hydrogen) atoms. The average Bonchev–Trinajstić information content (AvgIpc) is 2.67. The van der Waals surface area contributed by atoms with Crippen LogP contribution in [0.3, 0.4) is 0 Å². The molecule has 0 radical (unpaired) electrons. The molecule has 1 heterocycles. The molecule has 1 amide bonds. The zero-order valence-corrected chi connectivity index (χ0v) is 18.3.